The van der Waals surface area contributed by atoms with Crippen LogP contribution >= 0.6 is 11.6 Å². The Morgan fingerprint density at radius 2 is 1.82 bits per heavy atom. The molecule has 0 heterocycles. The van der Waals surface area contributed by atoms with Crippen molar-refractivity contribution < 1.29 is 22.7 Å². The summed E-state index contributed by atoms with van der Waals surface area (Å²) in [4.78, 5) is 23.6. The summed E-state index contributed by atoms with van der Waals surface area (Å²) in [5.74, 6) is -0.914. The third-order valence-corrected chi connectivity index (χ3v) is 5.20. The average molecular weight is 425 g/mol. The van der Waals surface area contributed by atoms with E-state index in [1.807, 2.05) is 0 Å². The lowest BCUT2D eigenvalue weighted by Gasteiger charge is -2.11. The number of benzene rings is 2. The number of amides is 1. The highest BCUT2D eigenvalue weighted by Gasteiger charge is 2.18. The number of carbonyl (C=O) groups is 2. The van der Waals surface area contributed by atoms with Gasteiger partial charge in [-0.25, -0.2) is 8.42 Å². The van der Waals surface area contributed by atoms with Gasteiger partial charge in [-0.2, -0.15) is 0 Å². The average Bonchev–Trinajstić information content (AvgIpc) is 2.63. The van der Waals surface area contributed by atoms with Gasteiger partial charge in [-0.3, -0.25) is 14.3 Å². The van der Waals surface area contributed by atoms with E-state index in [4.69, 9.17) is 16.3 Å². The van der Waals surface area contributed by atoms with Gasteiger partial charge in [0, 0.05) is 12.1 Å². The predicted octanol–water partition coefficient (Wildman–Crippen LogP) is 3.21. The maximum Gasteiger partial charge on any atom is 0.307 e. The van der Waals surface area contributed by atoms with Crippen molar-refractivity contribution in [3.63, 3.8) is 0 Å². The fourth-order valence-electron chi connectivity index (χ4n) is 2.25. The van der Waals surface area contributed by atoms with Gasteiger partial charge in [0.2, 0.25) is 0 Å². The molecule has 0 spiro atoms. The van der Waals surface area contributed by atoms with Crippen LogP contribution in [0.1, 0.15) is 30.6 Å². The molecule has 7 nitrogen and oxygen atoms in total. The van der Waals surface area contributed by atoms with Crippen LogP contribution in [-0.2, 0) is 19.6 Å². The van der Waals surface area contributed by atoms with Gasteiger partial charge in [-0.1, -0.05) is 29.8 Å². The second-order valence-electron chi connectivity index (χ2n) is 6.16. The number of halogens is 1. The Labute approximate surface area is 169 Å². The van der Waals surface area contributed by atoms with Crippen molar-refractivity contribution in [1.29, 1.82) is 0 Å². The molecule has 9 heteroatoms. The monoisotopic (exact) mass is 424 g/mol. The lowest BCUT2D eigenvalue weighted by Crippen LogP contribution is -2.27. The quantitative estimate of drug-likeness (QED) is 0.633. The van der Waals surface area contributed by atoms with E-state index in [1.54, 1.807) is 32.0 Å². The van der Waals surface area contributed by atoms with Crippen LogP contribution in [0.2, 0.25) is 5.02 Å². The van der Waals surface area contributed by atoms with E-state index in [-0.39, 0.29) is 40.2 Å². The predicted molar refractivity (Wildman–Crippen MR) is 107 cm³/mol. The van der Waals surface area contributed by atoms with E-state index >= 15 is 0 Å². The zero-order chi connectivity index (χ0) is 20.7. The number of para-hydroxylation sites is 1. The zero-order valence-electron chi connectivity index (χ0n) is 15.4. The number of esters is 1. The van der Waals surface area contributed by atoms with Crippen LogP contribution in [0, 0.1) is 0 Å². The Morgan fingerprint density at radius 3 is 2.50 bits per heavy atom. The Morgan fingerprint density at radius 1 is 1.11 bits per heavy atom. The lowest BCUT2D eigenvalue weighted by molar-refractivity contribution is -0.147. The van der Waals surface area contributed by atoms with Crippen LogP contribution in [0.4, 0.5) is 5.69 Å². The molecule has 0 aliphatic rings. The second-order valence-corrected chi connectivity index (χ2v) is 8.25. The minimum absolute atomic E-state index is 0.0238. The van der Waals surface area contributed by atoms with E-state index in [2.05, 4.69) is 10.0 Å². The minimum Gasteiger partial charge on any atom is -0.463 e. The molecule has 0 bridgehead atoms. The molecule has 2 rings (SSSR count). The number of rotatable bonds is 8. The summed E-state index contributed by atoms with van der Waals surface area (Å²) in [5, 5.41) is 2.82. The van der Waals surface area contributed by atoms with Gasteiger partial charge in [-0.05, 0) is 44.2 Å². The number of hydrogen-bond donors (Lipinski definition) is 2. The summed E-state index contributed by atoms with van der Waals surface area (Å²) in [6.45, 7) is 3.55. The van der Waals surface area contributed by atoms with Crippen LogP contribution < -0.4 is 10.0 Å². The molecular weight excluding hydrogens is 404 g/mol. The molecule has 0 unspecified atom stereocenters. The smallest absolute Gasteiger partial charge is 0.307 e. The molecule has 0 radical (unpaired) electrons. The molecule has 2 N–H and O–H groups in total. The highest BCUT2D eigenvalue weighted by Crippen LogP contribution is 2.24. The summed E-state index contributed by atoms with van der Waals surface area (Å²) in [6.07, 6.45) is -0.202. The van der Waals surface area contributed by atoms with Gasteiger partial charge in [-0.15, -0.1) is 0 Å². The van der Waals surface area contributed by atoms with Crippen LogP contribution in [0.3, 0.4) is 0 Å². The van der Waals surface area contributed by atoms with Gasteiger partial charge in [0.15, 0.2) is 0 Å². The molecule has 0 fully saturated rings. The van der Waals surface area contributed by atoms with Gasteiger partial charge >= 0.3 is 5.97 Å². The highest BCUT2D eigenvalue weighted by molar-refractivity contribution is 7.92. The van der Waals surface area contributed by atoms with Crippen molar-refractivity contribution in [3.05, 3.63) is 59.1 Å². The van der Waals surface area contributed by atoms with Crippen molar-refractivity contribution in [3.8, 4) is 0 Å². The number of hydrogen-bond acceptors (Lipinski definition) is 5. The molecule has 2 aromatic rings. The van der Waals surface area contributed by atoms with Gasteiger partial charge in [0.05, 0.1) is 28.1 Å². The Kier molecular flexibility index (Phi) is 7.42. The molecule has 0 aliphatic heterocycles. The van der Waals surface area contributed by atoms with Crippen LogP contribution in [0.15, 0.2) is 53.4 Å². The van der Waals surface area contributed by atoms with Crippen molar-refractivity contribution in [2.24, 2.45) is 0 Å². The van der Waals surface area contributed by atoms with Crippen molar-refractivity contribution in [2.75, 3.05) is 11.3 Å². The first kappa shape index (κ1) is 21.7. The van der Waals surface area contributed by atoms with Gasteiger partial charge in [0.1, 0.15) is 0 Å². The van der Waals surface area contributed by atoms with E-state index in [0.717, 1.165) is 0 Å². The molecule has 0 aromatic heterocycles. The number of sulfonamides is 1. The molecule has 0 aliphatic carbocycles. The third kappa shape index (κ3) is 6.24. The first-order valence-electron chi connectivity index (χ1n) is 8.54. The second kappa shape index (κ2) is 9.57. The van der Waals surface area contributed by atoms with Gasteiger partial charge < -0.3 is 10.1 Å². The molecule has 2 aromatic carbocycles. The fraction of sp³-hybridized carbons (Fsp3) is 0.263. The number of anilines is 1. The van der Waals surface area contributed by atoms with Gasteiger partial charge in [0.25, 0.3) is 15.9 Å². The normalized spacial score (nSPS) is 11.1. The van der Waals surface area contributed by atoms with Crippen molar-refractivity contribution in [2.45, 2.75) is 31.3 Å². The Bertz CT molecular complexity index is 960. The molecule has 0 atom stereocenters. The van der Waals surface area contributed by atoms with E-state index in [0.29, 0.717) is 0 Å². The maximum absolute atomic E-state index is 12.6. The lowest BCUT2D eigenvalue weighted by atomic mass is 10.2. The van der Waals surface area contributed by atoms with Crippen LogP contribution in [0.5, 0.6) is 0 Å². The van der Waals surface area contributed by atoms with Crippen LogP contribution in [0.25, 0.3) is 0 Å². The van der Waals surface area contributed by atoms with E-state index < -0.39 is 21.9 Å². The first-order chi connectivity index (χ1) is 13.2. The number of carbonyl (C=O) groups excluding carboxylic acids is 2. The standard InChI is InChI=1S/C19H21ClN2O5S/c1-13(2)27-18(23)10-11-21-19(24)14-6-5-7-15(12-14)28(25,26)22-17-9-4-3-8-16(17)20/h3-9,12-13,22H,10-11H2,1-2H3,(H,21,24). The summed E-state index contributed by atoms with van der Waals surface area (Å²) in [6, 6.07) is 12.0. The molecule has 150 valence electrons. The van der Waals surface area contributed by atoms with Crippen LogP contribution in [-0.4, -0.2) is 32.9 Å². The number of nitrogens with one attached hydrogen (secondary N) is 2. The summed E-state index contributed by atoms with van der Waals surface area (Å²) in [5.41, 5.74) is 0.391. The third-order valence-electron chi connectivity index (χ3n) is 3.51. The molecule has 28 heavy (non-hydrogen) atoms. The van der Waals surface area contributed by atoms with Crippen molar-refractivity contribution >= 4 is 39.2 Å². The minimum atomic E-state index is -3.93. The molecule has 0 saturated heterocycles. The van der Waals surface area contributed by atoms with E-state index in [9.17, 15) is 18.0 Å². The van der Waals surface area contributed by atoms with E-state index in [1.165, 1.54) is 30.3 Å². The number of ether oxygens (including phenoxy) is 1. The maximum atomic E-state index is 12.6. The first-order valence-corrected chi connectivity index (χ1v) is 10.4. The van der Waals surface area contributed by atoms with Crippen molar-refractivity contribution in [1.82, 2.24) is 5.32 Å². The fourth-order valence-corrected chi connectivity index (χ4v) is 3.62. The topological polar surface area (TPSA) is 102 Å². The highest BCUT2D eigenvalue weighted by atomic mass is 35.5. The summed E-state index contributed by atoms with van der Waals surface area (Å²) in [7, 11) is -3.93. The summed E-state index contributed by atoms with van der Waals surface area (Å²) < 4.78 is 32.5. The Hall–Kier alpha value is -2.58. The molecule has 0 saturated carbocycles. The largest absolute Gasteiger partial charge is 0.463 e. The summed E-state index contributed by atoms with van der Waals surface area (Å²) >= 11 is 5.98. The molecular formula is C19H21ClN2O5S. The zero-order valence-corrected chi connectivity index (χ0v) is 17.0. The SMILES string of the molecule is CC(C)OC(=O)CCNC(=O)c1cccc(S(=O)(=O)Nc2ccccc2Cl)c1. The molecule has 1 amide bonds. The Balaban J connectivity index is 2.05.